The molecule has 0 bridgehead atoms. The molecule has 8 heteroatoms. The Morgan fingerprint density at radius 1 is 1.46 bits per heavy atom. The number of halogens is 1. The molecule has 26 heavy (non-hydrogen) atoms. The molecule has 0 aromatic carbocycles. The van der Waals surface area contributed by atoms with E-state index in [9.17, 15) is 4.79 Å². The highest BCUT2D eigenvalue weighted by molar-refractivity contribution is 14.0. The van der Waals surface area contributed by atoms with E-state index in [1.807, 2.05) is 13.1 Å². The number of aromatic nitrogens is 1. The van der Waals surface area contributed by atoms with E-state index in [-0.39, 0.29) is 35.9 Å². The smallest absolute Gasteiger partial charge is 0.310 e. The monoisotopic (exact) mass is 494 g/mol. The van der Waals surface area contributed by atoms with Gasteiger partial charge in [0.05, 0.1) is 17.5 Å². The fourth-order valence-electron chi connectivity index (χ4n) is 2.93. The van der Waals surface area contributed by atoms with Crippen LogP contribution < -0.4 is 5.32 Å². The lowest BCUT2D eigenvalue weighted by molar-refractivity contribution is -0.149. The number of carbonyl (C=O) groups excluding carboxylic acids is 1. The number of aryl methyl sites for hydroxylation is 1. The number of piperidine rings is 1. The minimum Gasteiger partial charge on any atom is -0.466 e. The van der Waals surface area contributed by atoms with Crippen LogP contribution in [0.25, 0.3) is 0 Å². The molecule has 1 atom stereocenters. The van der Waals surface area contributed by atoms with E-state index in [0.29, 0.717) is 19.7 Å². The lowest BCUT2D eigenvalue weighted by atomic mass is 9.98. The van der Waals surface area contributed by atoms with E-state index in [4.69, 9.17) is 9.73 Å². The molecule has 0 aliphatic carbocycles. The summed E-state index contributed by atoms with van der Waals surface area (Å²) in [4.78, 5) is 24.8. The number of hydrogen-bond acceptors (Lipinski definition) is 5. The Hall–Kier alpha value is -0.900. The third kappa shape index (κ3) is 7.02. The molecule has 1 fully saturated rings. The highest BCUT2D eigenvalue weighted by Crippen LogP contribution is 2.18. The summed E-state index contributed by atoms with van der Waals surface area (Å²) in [5.74, 6) is 0.755. The fourth-order valence-corrected chi connectivity index (χ4v) is 3.78. The lowest BCUT2D eigenvalue weighted by Crippen LogP contribution is -2.48. The Labute approximate surface area is 177 Å². The summed E-state index contributed by atoms with van der Waals surface area (Å²) in [5, 5.41) is 4.49. The van der Waals surface area contributed by atoms with Gasteiger partial charge in [-0.1, -0.05) is 6.92 Å². The van der Waals surface area contributed by atoms with Crippen LogP contribution in [0.4, 0.5) is 0 Å². The van der Waals surface area contributed by atoms with Crippen LogP contribution >= 0.6 is 35.3 Å². The molecule has 148 valence electrons. The van der Waals surface area contributed by atoms with Gasteiger partial charge in [-0.05, 0) is 33.1 Å². The second kappa shape index (κ2) is 12.5. The van der Waals surface area contributed by atoms with Crippen molar-refractivity contribution in [1.82, 2.24) is 15.2 Å². The number of aliphatic imine (C=N–C) groups is 1. The van der Waals surface area contributed by atoms with Crippen molar-refractivity contribution in [3.8, 4) is 0 Å². The second-order valence-electron chi connectivity index (χ2n) is 6.10. The molecule has 0 radical (unpaired) electrons. The highest BCUT2D eigenvalue weighted by Gasteiger charge is 2.28. The molecule has 0 amide bonds. The van der Waals surface area contributed by atoms with Crippen LogP contribution in [0.2, 0.25) is 0 Å². The van der Waals surface area contributed by atoms with Crippen LogP contribution in [0.1, 0.15) is 43.5 Å². The number of hydrogen-bond donors (Lipinski definition) is 1. The molecule has 1 aliphatic rings. The lowest BCUT2D eigenvalue weighted by Gasteiger charge is -2.34. The van der Waals surface area contributed by atoms with E-state index in [1.54, 1.807) is 11.3 Å². The molecule has 0 spiro atoms. The Morgan fingerprint density at radius 3 is 2.92 bits per heavy atom. The SMILES string of the molecule is CCNC(=NCCc1ncc(CC)s1)N1CCCC(C(=O)OCC)C1.I. The first-order valence-electron chi connectivity index (χ1n) is 9.31. The number of thiazole rings is 1. The van der Waals surface area contributed by atoms with E-state index in [2.05, 4.69) is 29.0 Å². The van der Waals surface area contributed by atoms with E-state index in [1.165, 1.54) is 4.88 Å². The van der Waals surface area contributed by atoms with Gasteiger partial charge in [0.15, 0.2) is 5.96 Å². The molecular weight excluding hydrogens is 463 g/mol. The fraction of sp³-hybridized carbons (Fsp3) is 0.722. The first-order chi connectivity index (χ1) is 12.2. The molecule has 0 saturated carbocycles. The Kier molecular flexibility index (Phi) is 11.1. The summed E-state index contributed by atoms with van der Waals surface area (Å²) < 4.78 is 5.19. The number of rotatable bonds is 7. The average Bonchev–Trinajstić information content (AvgIpc) is 3.09. The van der Waals surface area contributed by atoms with Crippen molar-refractivity contribution in [2.75, 3.05) is 32.8 Å². The van der Waals surface area contributed by atoms with Crippen molar-refractivity contribution in [3.05, 3.63) is 16.1 Å². The van der Waals surface area contributed by atoms with Gasteiger partial charge in [-0.25, -0.2) is 4.98 Å². The van der Waals surface area contributed by atoms with Crippen LogP contribution in [0, 0.1) is 5.92 Å². The zero-order valence-electron chi connectivity index (χ0n) is 16.0. The van der Waals surface area contributed by atoms with Crippen LogP contribution in [0.15, 0.2) is 11.2 Å². The third-order valence-electron chi connectivity index (χ3n) is 4.21. The summed E-state index contributed by atoms with van der Waals surface area (Å²) in [6.07, 6.45) is 5.73. The minimum absolute atomic E-state index is 0. The first kappa shape index (κ1) is 23.1. The van der Waals surface area contributed by atoms with Crippen molar-refractivity contribution in [3.63, 3.8) is 0 Å². The molecule has 1 N–H and O–H groups in total. The van der Waals surface area contributed by atoms with Crippen molar-refractivity contribution in [2.24, 2.45) is 10.9 Å². The van der Waals surface area contributed by atoms with Gasteiger partial charge in [0.25, 0.3) is 0 Å². The van der Waals surface area contributed by atoms with Gasteiger partial charge in [0.2, 0.25) is 0 Å². The van der Waals surface area contributed by atoms with Crippen LogP contribution in [0.3, 0.4) is 0 Å². The van der Waals surface area contributed by atoms with E-state index >= 15 is 0 Å². The quantitative estimate of drug-likeness (QED) is 0.273. The molecule has 1 aromatic rings. The average molecular weight is 494 g/mol. The summed E-state index contributed by atoms with van der Waals surface area (Å²) >= 11 is 1.77. The number of guanidine groups is 1. The van der Waals surface area contributed by atoms with Gasteiger partial charge in [0.1, 0.15) is 0 Å². The molecule has 1 aliphatic heterocycles. The predicted molar refractivity (Wildman–Crippen MR) is 118 cm³/mol. The molecule has 1 aromatic heterocycles. The summed E-state index contributed by atoms with van der Waals surface area (Å²) in [7, 11) is 0. The number of likely N-dealkylation sites (tertiary alicyclic amines) is 1. The topological polar surface area (TPSA) is 66.8 Å². The normalized spacial score (nSPS) is 17.6. The Bertz CT molecular complexity index is 579. The van der Waals surface area contributed by atoms with Crippen LogP contribution in [-0.4, -0.2) is 54.6 Å². The minimum atomic E-state index is -0.0853. The van der Waals surface area contributed by atoms with E-state index < -0.39 is 0 Å². The van der Waals surface area contributed by atoms with Crippen molar-refractivity contribution in [2.45, 2.75) is 46.5 Å². The summed E-state index contributed by atoms with van der Waals surface area (Å²) in [6, 6.07) is 0. The largest absolute Gasteiger partial charge is 0.466 e. The summed E-state index contributed by atoms with van der Waals surface area (Å²) in [6.45, 7) is 9.65. The zero-order chi connectivity index (χ0) is 18.1. The first-order valence-corrected chi connectivity index (χ1v) is 10.1. The molecule has 1 unspecified atom stereocenters. The maximum Gasteiger partial charge on any atom is 0.310 e. The van der Waals surface area contributed by atoms with Gasteiger partial charge in [0, 0.05) is 43.7 Å². The molecule has 2 heterocycles. The maximum absolute atomic E-state index is 12.0. The van der Waals surface area contributed by atoms with Gasteiger partial charge in [-0.2, -0.15) is 0 Å². The van der Waals surface area contributed by atoms with Crippen molar-refractivity contribution >= 4 is 47.2 Å². The van der Waals surface area contributed by atoms with Crippen molar-refractivity contribution in [1.29, 1.82) is 0 Å². The third-order valence-corrected chi connectivity index (χ3v) is 5.41. The summed E-state index contributed by atoms with van der Waals surface area (Å²) in [5.41, 5.74) is 0. The number of carbonyl (C=O) groups is 1. The van der Waals surface area contributed by atoms with E-state index in [0.717, 1.165) is 49.7 Å². The molecule has 6 nitrogen and oxygen atoms in total. The van der Waals surface area contributed by atoms with Gasteiger partial charge >= 0.3 is 5.97 Å². The highest BCUT2D eigenvalue weighted by atomic mass is 127. The van der Waals surface area contributed by atoms with Crippen LogP contribution in [0.5, 0.6) is 0 Å². The standard InChI is InChI=1S/C18H30N4O2S.HI/c1-4-15-12-21-16(25-15)9-10-20-18(19-5-2)22-11-7-8-14(13-22)17(23)24-6-3;/h12,14H,4-11,13H2,1-3H3,(H,19,20);1H. The number of esters is 1. The zero-order valence-corrected chi connectivity index (χ0v) is 19.1. The number of ether oxygens (including phenoxy) is 1. The van der Waals surface area contributed by atoms with Gasteiger partial charge in [-0.3, -0.25) is 9.79 Å². The Balaban J connectivity index is 0.00000338. The number of nitrogens with one attached hydrogen (secondary N) is 1. The number of nitrogens with zero attached hydrogens (tertiary/aromatic N) is 3. The molecule has 1 saturated heterocycles. The second-order valence-corrected chi connectivity index (χ2v) is 7.30. The van der Waals surface area contributed by atoms with Gasteiger partial charge in [-0.15, -0.1) is 35.3 Å². The van der Waals surface area contributed by atoms with Gasteiger partial charge < -0.3 is 15.0 Å². The van der Waals surface area contributed by atoms with Crippen molar-refractivity contribution < 1.29 is 9.53 Å². The molecule has 2 rings (SSSR count). The predicted octanol–water partition coefficient (Wildman–Crippen LogP) is 3.11. The maximum atomic E-state index is 12.0. The van der Waals surface area contributed by atoms with Crippen LogP contribution in [-0.2, 0) is 22.4 Å². The molecular formula is C18H31IN4O2S. The Morgan fingerprint density at radius 2 is 2.27 bits per heavy atom.